The molecule has 0 radical (unpaired) electrons. The zero-order valence-electron chi connectivity index (χ0n) is 13.3. The summed E-state index contributed by atoms with van der Waals surface area (Å²) >= 11 is 6.02. The first-order valence-electron chi connectivity index (χ1n) is 6.85. The molecule has 1 amide bonds. The van der Waals surface area contributed by atoms with E-state index in [1.54, 1.807) is 6.92 Å². The summed E-state index contributed by atoms with van der Waals surface area (Å²) in [6, 6.07) is 7.20. The lowest BCUT2D eigenvalue weighted by molar-refractivity contribution is -0.385. The first-order chi connectivity index (χ1) is 11.4. The lowest BCUT2D eigenvalue weighted by Gasteiger charge is -2.13. The maximum atomic E-state index is 12.4. The molecule has 2 aromatic rings. The average Bonchev–Trinajstić information content (AvgIpc) is 2.55. The van der Waals surface area contributed by atoms with Crippen LogP contribution >= 0.6 is 11.6 Å². The standard InChI is InChI=1S/C16H15ClN2O5/c1-9-6-10(4-5-13(9)19(21)22)16(20)18-12-8-14(23-2)11(17)7-15(12)24-3/h4-8H,1-3H3,(H,18,20). The van der Waals surface area contributed by atoms with Crippen LogP contribution in [0.2, 0.25) is 5.02 Å². The van der Waals surface area contributed by atoms with Gasteiger partial charge in [0.05, 0.1) is 29.9 Å². The Labute approximate surface area is 143 Å². The average molecular weight is 351 g/mol. The number of amides is 1. The Morgan fingerprint density at radius 3 is 2.38 bits per heavy atom. The van der Waals surface area contributed by atoms with Crippen LogP contribution in [-0.2, 0) is 0 Å². The molecule has 0 fully saturated rings. The number of methoxy groups -OCH3 is 2. The molecule has 0 aliphatic rings. The number of ether oxygens (including phenoxy) is 2. The van der Waals surface area contributed by atoms with Gasteiger partial charge in [-0.2, -0.15) is 0 Å². The molecule has 2 aromatic carbocycles. The Morgan fingerprint density at radius 1 is 1.17 bits per heavy atom. The number of anilines is 1. The fourth-order valence-electron chi connectivity index (χ4n) is 2.15. The zero-order chi connectivity index (χ0) is 17.9. The molecule has 126 valence electrons. The first-order valence-corrected chi connectivity index (χ1v) is 7.23. The minimum Gasteiger partial charge on any atom is -0.495 e. The third-order valence-electron chi connectivity index (χ3n) is 3.38. The number of nitrogens with one attached hydrogen (secondary N) is 1. The molecule has 0 saturated carbocycles. The van der Waals surface area contributed by atoms with Crippen molar-refractivity contribution in [2.45, 2.75) is 6.92 Å². The van der Waals surface area contributed by atoms with Crippen molar-refractivity contribution < 1.29 is 19.2 Å². The van der Waals surface area contributed by atoms with Crippen molar-refractivity contribution in [2.24, 2.45) is 0 Å². The molecule has 8 heteroatoms. The highest BCUT2D eigenvalue weighted by molar-refractivity contribution is 6.32. The highest BCUT2D eigenvalue weighted by Gasteiger charge is 2.16. The molecule has 2 rings (SSSR count). The third kappa shape index (κ3) is 3.57. The number of nitro groups is 1. The lowest BCUT2D eigenvalue weighted by Crippen LogP contribution is -2.13. The number of hydrogen-bond donors (Lipinski definition) is 1. The van der Waals surface area contributed by atoms with Gasteiger partial charge in [-0.15, -0.1) is 0 Å². The molecule has 1 N–H and O–H groups in total. The first kappa shape index (κ1) is 17.6. The number of halogens is 1. The maximum absolute atomic E-state index is 12.4. The van der Waals surface area contributed by atoms with Gasteiger partial charge in [0, 0.05) is 29.3 Å². The van der Waals surface area contributed by atoms with E-state index in [2.05, 4.69) is 5.32 Å². The molecule has 7 nitrogen and oxygen atoms in total. The van der Waals surface area contributed by atoms with Crippen LogP contribution in [0.25, 0.3) is 0 Å². The van der Waals surface area contributed by atoms with Crippen LogP contribution in [0.3, 0.4) is 0 Å². The van der Waals surface area contributed by atoms with Gasteiger partial charge in [0.25, 0.3) is 11.6 Å². The number of benzene rings is 2. The van der Waals surface area contributed by atoms with Gasteiger partial charge in [-0.3, -0.25) is 14.9 Å². The Morgan fingerprint density at radius 2 is 1.83 bits per heavy atom. The van der Waals surface area contributed by atoms with Crippen LogP contribution in [0.15, 0.2) is 30.3 Å². The van der Waals surface area contributed by atoms with E-state index in [0.29, 0.717) is 27.8 Å². The molecule has 0 saturated heterocycles. The number of carbonyl (C=O) groups is 1. The van der Waals surface area contributed by atoms with Crippen molar-refractivity contribution in [2.75, 3.05) is 19.5 Å². The predicted octanol–water partition coefficient (Wildman–Crippen LogP) is 3.83. The van der Waals surface area contributed by atoms with E-state index in [0.717, 1.165) is 0 Å². The Kier molecular flexibility index (Phi) is 5.25. The van der Waals surface area contributed by atoms with Crippen LogP contribution in [0.5, 0.6) is 11.5 Å². The van der Waals surface area contributed by atoms with E-state index in [1.165, 1.54) is 44.6 Å². The third-order valence-corrected chi connectivity index (χ3v) is 3.67. The number of carbonyl (C=O) groups excluding carboxylic acids is 1. The van der Waals surface area contributed by atoms with E-state index in [9.17, 15) is 14.9 Å². The van der Waals surface area contributed by atoms with Crippen LogP contribution in [0.1, 0.15) is 15.9 Å². The van der Waals surface area contributed by atoms with Crippen LogP contribution < -0.4 is 14.8 Å². The Bertz CT molecular complexity index is 807. The normalized spacial score (nSPS) is 10.2. The van der Waals surface area contributed by atoms with Crippen molar-refractivity contribution in [3.63, 3.8) is 0 Å². The minimum absolute atomic E-state index is 0.0442. The maximum Gasteiger partial charge on any atom is 0.272 e. The number of hydrogen-bond acceptors (Lipinski definition) is 5. The highest BCUT2D eigenvalue weighted by Crippen LogP contribution is 2.36. The van der Waals surface area contributed by atoms with E-state index >= 15 is 0 Å². The quantitative estimate of drug-likeness (QED) is 0.653. The summed E-state index contributed by atoms with van der Waals surface area (Å²) in [6.45, 7) is 1.57. The minimum atomic E-state index is -0.496. The van der Waals surface area contributed by atoms with Gasteiger partial charge >= 0.3 is 0 Å². The Balaban J connectivity index is 2.33. The second kappa shape index (κ2) is 7.18. The summed E-state index contributed by atoms with van der Waals surface area (Å²) in [5, 5.41) is 13.9. The van der Waals surface area contributed by atoms with Gasteiger partial charge in [0.1, 0.15) is 11.5 Å². The van der Waals surface area contributed by atoms with Crippen LogP contribution in [0, 0.1) is 17.0 Å². The molecule has 24 heavy (non-hydrogen) atoms. The smallest absolute Gasteiger partial charge is 0.272 e. The van der Waals surface area contributed by atoms with Gasteiger partial charge in [0.15, 0.2) is 0 Å². The van der Waals surface area contributed by atoms with Crippen LogP contribution in [-0.4, -0.2) is 25.1 Å². The lowest BCUT2D eigenvalue weighted by atomic mass is 10.1. The van der Waals surface area contributed by atoms with E-state index in [1.807, 2.05) is 0 Å². The van der Waals surface area contributed by atoms with Crippen molar-refractivity contribution in [1.29, 1.82) is 0 Å². The monoisotopic (exact) mass is 350 g/mol. The summed E-state index contributed by atoms with van der Waals surface area (Å²) in [5.74, 6) is 0.316. The number of nitro benzene ring substituents is 1. The zero-order valence-corrected chi connectivity index (χ0v) is 14.0. The SMILES string of the molecule is COc1cc(NC(=O)c2ccc([N+](=O)[O-])c(C)c2)c(OC)cc1Cl. The van der Waals surface area contributed by atoms with Crippen molar-refractivity contribution in [3.8, 4) is 11.5 Å². The van der Waals surface area contributed by atoms with Crippen LogP contribution in [0.4, 0.5) is 11.4 Å². The molecule has 0 aliphatic heterocycles. The van der Waals surface area contributed by atoms with E-state index in [-0.39, 0.29) is 11.3 Å². The fourth-order valence-corrected chi connectivity index (χ4v) is 2.38. The topological polar surface area (TPSA) is 90.7 Å². The largest absolute Gasteiger partial charge is 0.495 e. The van der Waals surface area contributed by atoms with Gasteiger partial charge in [0.2, 0.25) is 0 Å². The molecule has 0 aromatic heterocycles. The molecule has 0 unspecified atom stereocenters. The summed E-state index contributed by atoms with van der Waals surface area (Å²) in [6.07, 6.45) is 0. The summed E-state index contributed by atoms with van der Waals surface area (Å²) in [5.41, 5.74) is 1.01. The van der Waals surface area contributed by atoms with Gasteiger partial charge in [-0.1, -0.05) is 11.6 Å². The highest BCUT2D eigenvalue weighted by atomic mass is 35.5. The number of nitrogens with zero attached hydrogens (tertiary/aromatic N) is 1. The summed E-state index contributed by atoms with van der Waals surface area (Å²) in [7, 11) is 2.91. The summed E-state index contributed by atoms with van der Waals surface area (Å²) < 4.78 is 10.3. The van der Waals surface area contributed by atoms with E-state index < -0.39 is 10.8 Å². The number of rotatable bonds is 5. The molecule has 0 spiro atoms. The van der Waals surface area contributed by atoms with Crippen molar-refractivity contribution in [1.82, 2.24) is 0 Å². The number of aryl methyl sites for hydroxylation is 1. The van der Waals surface area contributed by atoms with E-state index in [4.69, 9.17) is 21.1 Å². The predicted molar refractivity (Wildman–Crippen MR) is 90.3 cm³/mol. The van der Waals surface area contributed by atoms with Gasteiger partial charge in [-0.25, -0.2) is 0 Å². The Hall–Kier alpha value is -2.80. The second-order valence-electron chi connectivity index (χ2n) is 4.90. The summed E-state index contributed by atoms with van der Waals surface area (Å²) in [4.78, 5) is 22.7. The molecule has 0 bridgehead atoms. The molecular weight excluding hydrogens is 336 g/mol. The van der Waals surface area contributed by atoms with Gasteiger partial charge < -0.3 is 14.8 Å². The van der Waals surface area contributed by atoms with Crippen molar-refractivity contribution in [3.05, 3.63) is 56.6 Å². The molecule has 0 atom stereocenters. The molecule has 0 aliphatic carbocycles. The molecular formula is C16H15ClN2O5. The second-order valence-corrected chi connectivity index (χ2v) is 5.31. The molecule has 0 heterocycles. The van der Waals surface area contributed by atoms with Crippen molar-refractivity contribution >= 4 is 28.9 Å². The van der Waals surface area contributed by atoms with Gasteiger partial charge in [-0.05, 0) is 19.1 Å². The fraction of sp³-hybridized carbons (Fsp3) is 0.188.